The van der Waals surface area contributed by atoms with Crippen molar-refractivity contribution in [1.29, 1.82) is 0 Å². The van der Waals surface area contributed by atoms with Gasteiger partial charge in [-0.1, -0.05) is 36.4 Å². The number of benzene rings is 2. The molecule has 6 nitrogen and oxygen atoms in total. The van der Waals surface area contributed by atoms with Gasteiger partial charge in [-0.2, -0.15) is 0 Å². The Morgan fingerprint density at radius 3 is 2.61 bits per heavy atom. The summed E-state index contributed by atoms with van der Waals surface area (Å²) in [6.07, 6.45) is 3.06. The van der Waals surface area contributed by atoms with E-state index in [9.17, 15) is 4.79 Å². The summed E-state index contributed by atoms with van der Waals surface area (Å²) in [5, 5.41) is 6.78. The van der Waals surface area contributed by atoms with E-state index in [4.69, 9.17) is 0 Å². The van der Waals surface area contributed by atoms with Crippen molar-refractivity contribution in [3.63, 3.8) is 0 Å². The maximum atomic E-state index is 12.1. The van der Waals surface area contributed by atoms with E-state index in [-0.39, 0.29) is 5.91 Å². The van der Waals surface area contributed by atoms with Crippen LogP contribution in [0, 0.1) is 0 Å². The van der Waals surface area contributed by atoms with Gasteiger partial charge in [0.1, 0.15) is 0 Å². The van der Waals surface area contributed by atoms with Crippen molar-refractivity contribution in [2.75, 3.05) is 47.3 Å². The Morgan fingerprint density at radius 1 is 1.06 bits per heavy atom. The first-order valence-electron chi connectivity index (χ1n) is 11.1. The van der Waals surface area contributed by atoms with Crippen LogP contribution in [0.15, 0.2) is 53.5 Å². The van der Waals surface area contributed by atoms with Gasteiger partial charge in [-0.05, 0) is 48.1 Å². The lowest BCUT2D eigenvalue weighted by molar-refractivity contribution is 0.0827. The summed E-state index contributed by atoms with van der Waals surface area (Å²) in [6.45, 7) is 4.94. The molecule has 3 rings (SSSR count). The summed E-state index contributed by atoms with van der Waals surface area (Å²) in [5.74, 6) is 0.856. The lowest BCUT2D eigenvalue weighted by Crippen LogP contribution is -2.40. The molecule has 1 amide bonds. The second kappa shape index (κ2) is 11.5. The fraction of sp³-hybridized carbons (Fsp3) is 0.440. The number of carbonyl (C=O) groups excluding carboxylic acids is 1. The van der Waals surface area contributed by atoms with E-state index < -0.39 is 0 Å². The number of amides is 1. The molecule has 6 heteroatoms. The Bertz CT molecular complexity index is 893. The Labute approximate surface area is 186 Å². The van der Waals surface area contributed by atoms with Gasteiger partial charge in [0.05, 0.1) is 0 Å². The predicted octanol–water partition coefficient (Wildman–Crippen LogP) is 2.54. The van der Waals surface area contributed by atoms with Crippen LogP contribution in [0.2, 0.25) is 0 Å². The molecule has 1 heterocycles. The highest BCUT2D eigenvalue weighted by Crippen LogP contribution is 2.18. The van der Waals surface area contributed by atoms with Crippen LogP contribution in [0.4, 0.5) is 0 Å². The summed E-state index contributed by atoms with van der Waals surface area (Å²) < 4.78 is 0. The van der Waals surface area contributed by atoms with Gasteiger partial charge in [0.2, 0.25) is 0 Å². The molecule has 0 saturated heterocycles. The third-order valence-corrected chi connectivity index (χ3v) is 5.66. The minimum atomic E-state index is 0.0319. The predicted molar refractivity (Wildman–Crippen MR) is 128 cm³/mol. The minimum absolute atomic E-state index is 0.0319. The molecule has 0 aliphatic carbocycles. The van der Waals surface area contributed by atoms with Gasteiger partial charge < -0.3 is 15.5 Å². The van der Waals surface area contributed by atoms with Gasteiger partial charge in [-0.25, -0.2) is 0 Å². The van der Waals surface area contributed by atoms with Crippen LogP contribution >= 0.6 is 0 Å². The molecule has 0 spiro atoms. The van der Waals surface area contributed by atoms with Gasteiger partial charge in [-0.3, -0.25) is 14.7 Å². The normalized spacial score (nSPS) is 14.1. The molecule has 31 heavy (non-hydrogen) atoms. The first-order valence-corrected chi connectivity index (χ1v) is 11.1. The summed E-state index contributed by atoms with van der Waals surface area (Å²) in [5.41, 5.74) is 4.83. The van der Waals surface area contributed by atoms with E-state index in [0.29, 0.717) is 0 Å². The number of guanidine groups is 1. The molecule has 0 saturated carbocycles. The van der Waals surface area contributed by atoms with Crippen LogP contribution in [0.5, 0.6) is 0 Å². The Hall–Kier alpha value is -2.86. The average molecular weight is 422 g/mol. The first kappa shape index (κ1) is 22.8. The Morgan fingerprint density at radius 2 is 1.84 bits per heavy atom. The molecule has 0 radical (unpaired) electrons. The quantitative estimate of drug-likeness (QED) is 0.391. The van der Waals surface area contributed by atoms with E-state index in [1.54, 1.807) is 26.0 Å². The fourth-order valence-electron chi connectivity index (χ4n) is 3.92. The molecule has 0 aromatic heterocycles. The zero-order chi connectivity index (χ0) is 22.1. The molecular formula is C25H35N5O. The van der Waals surface area contributed by atoms with E-state index in [2.05, 4.69) is 50.9 Å². The summed E-state index contributed by atoms with van der Waals surface area (Å²) in [7, 11) is 5.35. The van der Waals surface area contributed by atoms with Gasteiger partial charge in [0.15, 0.2) is 5.96 Å². The van der Waals surface area contributed by atoms with E-state index in [1.807, 2.05) is 18.2 Å². The van der Waals surface area contributed by atoms with E-state index in [1.165, 1.54) is 11.1 Å². The third-order valence-electron chi connectivity index (χ3n) is 5.66. The second-order valence-electron chi connectivity index (χ2n) is 8.22. The molecule has 2 aromatic carbocycles. The van der Waals surface area contributed by atoms with E-state index in [0.717, 1.165) is 69.1 Å². The number of nitrogens with one attached hydrogen (secondary N) is 2. The average Bonchev–Trinajstić information content (AvgIpc) is 2.80. The highest BCUT2D eigenvalue weighted by molar-refractivity contribution is 5.94. The van der Waals surface area contributed by atoms with Crippen LogP contribution in [-0.2, 0) is 19.4 Å². The lowest BCUT2D eigenvalue weighted by atomic mass is 10.00. The Kier molecular flexibility index (Phi) is 8.47. The molecule has 2 N–H and O–H groups in total. The van der Waals surface area contributed by atoms with Crippen LogP contribution in [0.1, 0.15) is 33.5 Å². The van der Waals surface area contributed by atoms with Crippen LogP contribution in [-0.4, -0.2) is 69.0 Å². The standard InChI is InChI=1S/C25H35N5O/c1-26-25(28-15-12-20-8-6-11-22(18-20)24(31)29(2)3)27-14-7-16-30-17-13-21-9-4-5-10-23(21)19-30/h4-6,8-11,18H,7,12-17,19H2,1-3H3,(H2,26,27,28). The summed E-state index contributed by atoms with van der Waals surface area (Å²) in [4.78, 5) is 20.6. The van der Waals surface area contributed by atoms with Crippen molar-refractivity contribution in [2.24, 2.45) is 4.99 Å². The first-order chi connectivity index (χ1) is 15.1. The van der Waals surface area contributed by atoms with Crippen molar-refractivity contribution in [1.82, 2.24) is 20.4 Å². The molecule has 0 bridgehead atoms. The van der Waals surface area contributed by atoms with Crippen LogP contribution < -0.4 is 10.6 Å². The van der Waals surface area contributed by atoms with Gasteiger partial charge in [-0.15, -0.1) is 0 Å². The van der Waals surface area contributed by atoms with Crippen molar-refractivity contribution in [2.45, 2.75) is 25.8 Å². The number of aliphatic imine (C=N–C) groups is 1. The minimum Gasteiger partial charge on any atom is -0.356 e. The van der Waals surface area contributed by atoms with Crippen molar-refractivity contribution in [3.05, 3.63) is 70.8 Å². The van der Waals surface area contributed by atoms with Crippen LogP contribution in [0.3, 0.4) is 0 Å². The highest BCUT2D eigenvalue weighted by atomic mass is 16.2. The fourth-order valence-corrected chi connectivity index (χ4v) is 3.92. The largest absolute Gasteiger partial charge is 0.356 e. The number of hydrogen-bond acceptors (Lipinski definition) is 3. The summed E-state index contributed by atoms with van der Waals surface area (Å²) in [6, 6.07) is 16.6. The van der Waals surface area contributed by atoms with Crippen molar-refractivity contribution >= 4 is 11.9 Å². The molecule has 1 aliphatic heterocycles. The van der Waals surface area contributed by atoms with Gasteiger partial charge >= 0.3 is 0 Å². The van der Waals surface area contributed by atoms with Gasteiger partial charge in [0.25, 0.3) is 5.91 Å². The molecule has 0 fully saturated rings. The molecular weight excluding hydrogens is 386 g/mol. The second-order valence-corrected chi connectivity index (χ2v) is 8.22. The third kappa shape index (κ3) is 6.82. The molecule has 1 aliphatic rings. The van der Waals surface area contributed by atoms with Crippen molar-refractivity contribution < 1.29 is 4.79 Å². The number of fused-ring (bicyclic) bond motifs is 1. The summed E-state index contributed by atoms with van der Waals surface area (Å²) >= 11 is 0. The molecule has 166 valence electrons. The zero-order valence-corrected chi connectivity index (χ0v) is 19.0. The highest BCUT2D eigenvalue weighted by Gasteiger charge is 2.14. The smallest absolute Gasteiger partial charge is 0.253 e. The molecule has 0 unspecified atom stereocenters. The molecule has 0 atom stereocenters. The SMILES string of the molecule is CN=C(NCCCN1CCc2ccccc2C1)NCCc1cccc(C(=O)N(C)C)c1. The van der Waals surface area contributed by atoms with Crippen LogP contribution in [0.25, 0.3) is 0 Å². The number of carbonyl (C=O) groups is 1. The lowest BCUT2D eigenvalue weighted by Gasteiger charge is -2.28. The molecule has 2 aromatic rings. The number of hydrogen-bond donors (Lipinski definition) is 2. The maximum absolute atomic E-state index is 12.1. The zero-order valence-electron chi connectivity index (χ0n) is 19.0. The number of rotatable bonds is 8. The monoisotopic (exact) mass is 421 g/mol. The Balaban J connectivity index is 1.35. The van der Waals surface area contributed by atoms with Crippen molar-refractivity contribution in [3.8, 4) is 0 Å². The van der Waals surface area contributed by atoms with E-state index >= 15 is 0 Å². The number of nitrogens with zero attached hydrogens (tertiary/aromatic N) is 3. The topological polar surface area (TPSA) is 60.0 Å². The van der Waals surface area contributed by atoms with Gasteiger partial charge in [0, 0.05) is 59.4 Å². The maximum Gasteiger partial charge on any atom is 0.253 e.